The van der Waals surface area contributed by atoms with Gasteiger partial charge in [0.1, 0.15) is 0 Å². The SMILES string of the molecule is Nc1onc(-c2ccco2)c1-c1ccc(Cl)cc1Cl. The van der Waals surface area contributed by atoms with E-state index in [1.165, 1.54) is 0 Å². The Hall–Kier alpha value is -1.91. The maximum atomic E-state index is 6.19. The summed E-state index contributed by atoms with van der Waals surface area (Å²) >= 11 is 12.1. The highest BCUT2D eigenvalue weighted by Gasteiger charge is 2.21. The lowest BCUT2D eigenvalue weighted by molar-refractivity contribution is 0.436. The molecular weight excluding hydrogens is 287 g/mol. The van der Waals surface area contributed by atoms with Gasteiger partial charge in [-0.15, -0.1) is 0 Å². The molecule has 0 saturated heterocycles. The number of nitrogens with two attached hydrogens (primary N) is 1. The number of halogens is 2. The van der Waals surface area contributed by atoms with Crippen molar-refractivity contribution in [3.05, 3.63) is 46.6 Å². The second-order valence-electron chi connectivity index (χ2n) is 3.87. The van der Waals surface area contributed by atoms with Gasteiger partial charge in [-0.2, -0.15) is 0 Å². The van der Waals surface area contributed by atoms with Crippen molar-refractivity contribution in [1.29, 1.82) is 0 Å². The minimum Gasteiger partial charge on any atom is -0.463 e. The van der Waals surface area contributed by atoms with Crippen LogP contribution in [0.1, 0.15) is 0 Å². The fraction of sp³-hybridized carbons (Fsp3) is 0. The highest BCUT2D eigenvalue weighted by atomic mass is 35.5. The topological polar surface area (TPSA) is 65.2 Å². The van der Waals surface area contributed by atoms with Crippen molar-refractivity contribution < 1.29 is 8.94 Å². The predicted molar refractivity (Wildman–Crippen MR) is 74.1 cm³/mol. The Morgan fingerprint density at radius 3 is 2.68 bits per heavy atom. The molecule has 0 spiro atoms. The number of anilines is 1. The zero-order valence-corrected chi connectivity index (χ0v) is 11.1. The monoisotopic (exact) mass is 294 g/mol. The molecule has 0 unspecified atom stereocenters. The third kappa shape index (κ3) is 2.09. The Bertz CT molecular complexity index is 720. The highest BCUT2D eigenvalue weighted by molar-refractivity contribution is 6.36. The molecule has 0 bridgehead atoms. The van der Waals surface area contributed by atoms with Crippen LogP contribution < -0.4 is 5.73 Å². The van der Waals surface area contributed by atoms with E-state index in [9.17, 15) is 0 Å². The molecule has 6 heteroatoms. The summed E-state index contributed by atoms with van der Waals surface area (Å²) in [5.74, 6) is 0.733. The van der Waals surface area contributed by atoms with Crippen molar-refractivity contribution in [2.24, 2.45) is 0 Å². The van der Waals surface area contributed by atoms with E-state index >= 15 is 0 Å². The van der Waals surface area contributed by atoms with Crippen LogP contribution in [-0.4, -0.2) is 5.16 Å². The van der Waals surface area contributed by atoms with Crippen LogP contribution in [0.2, 0.25) is 10.0 Å². The summed E-state index contributed by atoms with van der Waals surface area (Å²) in [5, 5.41) is 4.93. The van der Waals surface area contributed by atoms with Gasteiger partial charge in [-0.1, -0.05) is 34.4 Å². The normalized spacial score (nSPS) is 10.8. The lowest BCUT2D eigenvalue weighted by Gasteiger charge is -2.04. The number of nitrogens with zero attached hydrogens (tertiary/aromatic N) is 1. The van der Waals surface area contributed by atoms with Crippen LogP contribution in [0.5, 0.6) is 0 Å². The van der Waals surface area contributed by atoms with Crippen molar-refractivity contribution in [2.45, 2.75) is 0 Å². The molecule has 0 atom stereocenters. The molecule has 19 heavy (non-hydrogen) atoms. The van der Waals surface area contributed by atoms with E-state index in [2.05, 4.69) is 5.16 Å². The van der Waals surface area contributed by atoms with Crippen LogP contribution in [-0.2, 0) is 0 Å². The van der Waals surface area contributed by atoms with E-state index < -0.39 is 0 Å². The summed E-state index contributed by atoms with van der Waals surface area (Å²) < 4.78 is 10.3. The minimum absolute atomic E-state index is 0.177. The van der Waals surface area contributed by atoms with Gasteiger partial charge in [0.2, 0.25) is 5.88 Å². The average molecular weight is 295 g/mol. The number of furan rings is 1. The van der Waals surface area contributed by atoms with Crippen molar-refractivity contribution in [3.8, 4) is 22.6 Å². The first-order valence-electron chi connectivity index (χ1n) is 5.41. The standard InChI is InChI=1S/C13H8Cl2N2O2/c14-7-3-4-8(9(15)6-7)11-12(17-19-13(11)16)10-2-1-5-18-10/h1-6H,16H2. The summed E-state index contributed by atoms with van der Waals surface area (Å²) in [6.45, 7) is 0. The molecule has 2 aromatic heterocycles. The molecule has 0 amide bonds. The fourth-order valence-corrected chi connectivity index (χ4v) is 2.34. The first-order valence-corrected chi connectivity index (χ1v) is 6.17. The van der Waals surface area contributed by atoms with Crippen molar-refractivity contribution in [2.75, 3.05) is 5.73 Å². The van der Waals surface area contributed by atoms with Gasteiger partial charge in [0.25, 0.3) is 0 Å². The average Bonchev–Trinajstić information content (AvgIpc) is 2.99. The first-order chi connectivity index (χ1) is 9.16. The molecule has 0 radical (unpaired) electrons. The lowest BCUT2D eigenvalue weighted by Crippen LogP contribution is -1.88. The van der Waals surface area contributed by atoms with Gasteiger partial charge in [0.05, 0.1) is 16.8 Å². The van der Waals surface area contributed by atoms with Gasteiger partial charge < -0.3 is 14.7 Å². The molecule has 4 nitrogen and oxygen atoms in total. The summed E-state index contributed by atoms with van der Waals surface area (Å²) in [6, 6.07) is 8.65. The number of rotatable bonds is 2. The van der Waals surface area contributed by atoms with E-state index in [0.717, 1.165) is 0 Å². The van der Waals surface area contributed by atoms with Crippen LogP contribution in [0.4, 0.5) is 5.88 Å². The molecule has 96 valence electrons. The predicted octanol–water partition coefficient (Wildman–Crippen LogP) is 4.49. The Morgan fingerprint density at radius 1 is 1.16 bits per heavy atom. The van der Waals surface area contributed by atoms with Crippen LogP contribution >= 0.6 is 23.2 Å². The Kier molecular flexibility index (Phi) is 2.97. The largest absolute Gasteiger partial charge is 0.463 e. The molecule has 0 aliphatic heterocycles. The molecule has 0 aliphatic carbocycles. The second-order valence-corrected chi connectivity index (χ2v) is 4.72. The number of aromatic nitrogens is 1. The number of benzene rings is 1. The summed E-state index contributed by atoms with van der Waals surface area (Å²) in [6.07, 6.45) is 1.55. The van der Waals surface area contributed by atoms with E-state index in [1.807, 2.05) is 0 Å². The molecule has 0 saturated carbocycles. The third-order valence-electron chi connectivity index (χ3n) is 2.67. The van der Waals surface area contributed by atoms with Crippen LogP contribution in [0.25, 0.3) is 22.6 Å². The van der Waals surface area contributed by atoms with Gasteiger partial charge in [-0.3, -0.25) is 0 Å². The van der Waals surface area contributed by atoms with Crippen molar-refractivity contribution in [1.82, 2.24) is 5.16 Å². The lowest BCUT2D eigenvalue weighted by atomic mass is 10.0. The smallest absolute Gasteiger partial charge is 0.230 e. The van der Waals surface area contributed by atoms with Crippen LogP contribution in [0.15, 0.2) is 45.5 Å². The molecule has 3 aromatic rings. The highest BCUT2D eigenvalue weighted by Crippen LogP contribution is 2.40. The summed E-state index contributed by atoms with van der Waals surface area (Å²) in [7, 11) is 0. The van der Waals surface area contributed by atoms with E-state index in [0.29, 0.717) is 32.6 Å². The minimum atomic E-state index is 0.177. The summed E-state index contributed by atoms with van der Waals surface area (Å²) in [5.41, 5.74) is 7.62. The second kappa shape index (κ2) is 4.64. The van der Waals surface area contributed by atoms with Gasteiger partial charge in [-0.25, -0.2) is 0 Å². The summed E-state index contributed by atoms with van der Waals surface area (Å²) in [4.78, 5) is 0. The Labute approximate surface area is 118 Å². The van der Waals surface area contributed by atoms with E-state index in [-0.39, 0.29) is 5.88 Å². The number of nitrogen functional groups attached to an aromatic ring is 1. The van der Waals surface area contributed by atoms with Crippen molar-refractivity contribution in [3.63, 3.8) is 0 Å². The Morgan fingerprint density at radius 2 is 2.00 bits per heavy atom. The Balaban J connectivity index is 2.22. The quantitative estimate of drug-likeness (QED) is 0.756. The molecular formula is C13H8Cl2N2O2. The van der Waals surface area contributed by atoms with Gasteiger partial charge in [0.15, 0.2) is 11.5 Å². The molecule has 0 aliphatic rings. The zero-order valence-electron chi connectivity index (χ0n) is 9.56. The zero-order chi connectivity index (χ0) is 13.4. The third-order valence-corrected chi connectivity index (χ3v) is 3.22. The molecule has 3 rings (SSSR count). The van der Waals surface area contributed by atoms with Crippen molar-refractivity contribution >= 4 is 29.1 Å². The van der Waals surface area contributed by atoms with E-state index in [1.54, 1.807) is 36.6 Å². The molecule has 2 heterocycles. The maximum absolute atomic E-state index is 6.19. The van der Waals surface area contributed by atoms with Gasteiger partial charge in [-0.05, 0) is 24.3 Å². The van der Waals surface area contributed by atoms with Crippen LogP contribution in [0, 0.1) is 0 Å². The van der Waals surface area contributed by atoms with Gasteiger partial charge >= 0.3 is 0 Å². The van der Waals surface area contributed by atoms with Gasteiger partial charge in [0, 0.05) is 10.6 Å². The number of hydrogen-bond acceptors (Lipinski definition) is 4. The van der Waals surface area contributed by atoms with E-state index in [4.69, 9.17) is 37.9 Å². The number of hydrogen-bond donors (Lipinski definition) is 1. The molecule has 2 N–H and O–H groups in total. The fourth-order valence-electron chi connectivity index (χ4n) is 1.84. The molecule has 0 fully saturated rings. The maximum Gasteiger partial charge on any atom is 0.230 e. The van der Waals surface area contributed by atoms with Crippen LogP contribution in [0.3, 0.4) is 0 Å². The molecule has 1 aromatic carbocycles. The first kappa shape index (κ1) is 12.1.